The van der Waals surface area contributed by atoms with Gasteiger partial charge in [0, 0.05) is 18.4 Å². The van der Waals surface area contributed by atoms with Crippen LogP contribution in [0.25, 0.3) is 0 Å². The molecule has 1 heterocycles. The Bertz CT molecular complexity index is 957. The number of sulfone groups is 1. The summed E-state index contributed by atoms with van der Waals surface area (Å²) in [6.07, 6.45) is 2.28. The minimum atomic E-state index is -3.58. The lowest BCUT2D eigenvalue weighted by molar-refractivity contribution is 0.0173. The molecule has 5 nitrogen and oxygen atoms in total. The molecule has 0 saturated carbocycles. The number of fused-ring (bicyclic) bond motifs is 1. The predicted molar refractivity (Wildman–Crippen MR) is 122 cm³/mol. The molecule has 0 saturated heterocycles. The number of methoxy groups -OCH3 is 1. The van der Waals surface area contributed by atoms with Crippen LogP contribution < -0.4 is 4.74 Å². The number of aliphatic hydroxyl groups excluding tert-OH is 1. The molecule has 2 aromatic rings. The van der Waals surface area contributed by atoms with Crippen molar-refractivity contribution in [3.8, 4) is 5.75 Å². The van der Waals surface area contributed by atoms with Crippen molar-refractivity contribution in [1.82, 2.24) is 0 Å². The fourth-order valence-electron chi connectivity index (χ4n) is 4.71. The first-order valence-electron chi connectivity index (χ1n) is 11.1. The van der Waals surface area contributed by atoms with Gasteiger partial charge in [-0.25, -0.2) is 8.42 Å². The van der Waals surface area contributed by atoms with Gasteiger partial charge >= 0.3 is 0 Å². The van der Waals surface area contributed by atoms with E-state index >= 15 is 0 Å². The summed E-state index contributed by atoms with van der Waals surface area (Å²) in [6, 6.07) is 14.8. The van der Waals surface area contributed by atoms with Gasteiger partial charge in [0.15, 0.2) is 9.84 Å². The van der Waals surface area contributed by atoms with E-state index in [0.29, 0.717) is 42.3 Å². The van der Waals surface area contributed by atoms with Gasteiger partial charge in [-0.3, -0.25) is 0 Å². The normalized spacial score (nSPS) is 24.9. The maximum atomic E-state index is 13.6. The first kappa shape index (κ1) is 23.8. The van der Waals surface area contributed by atoms with Gasteiger partial charge in [0.2, 0.25) is 0 Å². The van der Waals surface area contributed by atoms with Gasteiger partial charge in [-0.1, -0.05) is 57.0 Å². The number of unbranched alkanes of at least 4 members (excludes halogenated alkanes) is 1. The number of hydrogen-bond acceptors (Lipinski definition) is 5. The maximum Gasteiger partial charge on any atom is 0.179 e. The number of aliphatic hydroxyl groups is 1. The molecule has 170 valence electrons. The second-order valence-electron chi connectivity index (χ2n) is 8.45. The second-order valence-corrected chi connectivity index (χ2v) is 10.4. The Balaban J connectivity index is 2.19. The zero-order chi connectivity index (χ0) is 22.5. The van der Waals surface area contributed by atoms with Crippen molar-refractivity contribution < 1.29 is 23.0 Å². The zero-order valence-corrected chi connectivity index (χ0v) is 19.5. The smallest absolute Gasteiger partial charge is 0.179 e. The van der Waals surface area contributed by atoms with E-state index in [9.17, 15) is 13.5 Å². The molecule has 6 heteroatoms. The lowest BCUT2D eigenvalue weighted by Gasteiger charge is -2.39. The molecule has 3 atom stereocenters. The molecule has 0 aromatic heterocycles. The summed E-state index contributed by atoms with van der Waals surface area (Å²) in [5.74, 6) is 0.0886. The van der Waals surface area contributed by atoms with Crippen LogP contribution in [-0.4, -0.2) is 45.7 Å². The fourth-order valence-corrected chi connectivity index (χ4v) is 6.96. The van der Waals surface area contributed by atoms with Crippen LogP contribution in [0.15, 0.2) is 53.4 Å². The lowest BCUT2D eigenvalue weighted by atomic mass is 9.69. The monoisotopic (exact) mass is 446 g/mol. The van der Waals surface area contributed by atoms with Crippen molar-refractivity contribution in [3.63, 3.8) is 0 Å². The number of benzene rings is 2. The lowest BCUT2D eigenvalue weighted by Crippen LogP contribution is -2.42. The van der Waals surface area contributed by atoms with Gasteiger partial charge in [0.25, 0.3) is 0 Å². The molecule has 0 fully saturated rings. The van der Waals surface area contributed by atoms with Gasteiger partial charge in [-0.05, 0) is 42.2 Å². The minimum Gasteiger partial charge on any atom is -0.491 e. The molecule has 2 aromatic carbocycles. The van der Waals surface area contributed by atoms with E-state index in [1.807, 2.05) is 37.3 Å². The molecule has 0 spiro atoms. The van der Waals surface area contributed by atoms with Gasteiger partial charge < -0.3 is 14.6 Å². The first-order valence-corrected chi connectivity index (χ1v) is 12.7. The summed E-state index contributed by atoms with van der Waals surface area (Å²) in [4.78, 5) is 0.298. The second kappa shape index (κ2) is 10.2. The number of rotatable bonds is 9. The predicted octanol–water partition coefficient (Wildman–Crippen LogP) is 4.58. The summed E-state index contributed by atoms with van der Waals surface area (Å²) in [6.45, 7) is 4.89. The van der Waals surface area contributed by atoms with E-state index in [1.54, 1.807) is 25.3 Å². The van der Waals surface area contributed by atoms with Crippen LogP contribution in [0.4, 0.5) is 0 Å². The van der Waals surface area contributed by atoms with E-state index in [4.69, 9.17) is 9.47 Å². The molecular formula is C25H34O5S. The minimum absolute atomic E-state index is 0.0438. The van der Waals surface area contributed by atoms with Crippen LogP contribution in [-0.2, 0) is 14.6 Å². The van der Waals surface area contributed by atoms with Crippen LogP contribution in [0.1, 0.15) is 56.6 Å². The molecule has 31 heavy (non-hydrogen) atoms. The van der Waals surface area contributed by atoms with E-state index in [-0.39, 0.29) is 5.75 Å². The quantitative estimate of drug-likeness (QED) is 0.571. The van der Waals surface area contributed by atoms with Gasteiger partial charge in [0.1, 0.15) is 12.4 Å². The Labute approximate surface area is 186 Å². The Morgan fingerprint density at radius 1 is 1.10 bits per heavy atom. The molecule has 0 amide bonds. The molecular weight excluding hydrogens is 412 g/mol. The number of ether oxygens (including phenoxy) is 2. The van der Waals surface area contributed by atoms with Crippen LogP contribution in [0.5, 0.6) is 5.75 Å². The molecule has 0 bridgehead atoms. The Morgan fingerprint density at radius 3 is 2.48 bits per heavy atom. The van der Waals surface area contributed by atoms with Crippen molar-refractivity contribution in [2.45, 2.75) is 56.4 Å². The summed E-state index contributed by atoms with van der Waals surface area (Å²) in [5.41, 5.74) is 0.822. The summed E-state index contributed by atoms with van der Waals surface area (Å²) < 4.78 is 37.9. The summed E-state index contributed by atoms with van der Waals surface area (Å²) in [7, 11) is -1.98. The van der Waals surface area contributed by atoms with Crippen molar-refractivity contribution in [2.24, 2.45) is 5.41 Å². The van der Waals surface area contributed by atoms with Gasteiger partial charge in [-0.2, -0.15) is 0 Å². The average molecular weight is 447 g/mol. The topological polar surface area (TPSA) is 72.8 Å². The van der Waals surface area contributed by atoms with Crippen molar-refractivity contribution in [3.05, 3.63) is 59.7 Å². The highest BCUT2D eigenvalue weighted by molar-refractivity contribution is 7.91. The van der Waals surface area contributed by atoms with Crippen LogP contribution in [0.2, 0.25) is 0 Å². The maximum absolute atomic E-state index is 13.6. The van der Waals surface area contributed by atoms with Crippen molar-refractivity contribution in [2.75, 3.05) is 26.1 Å². The third kappa shape index (κ3) is 4.97. The summed E-state index contributed by atoms with van der Waals surface area (Å²) in [5, 5.41) is 11.8. The van der Waals surface area contributed by atoms with E-state index in [1.165, 1.54) is 0 Å². The van der Waals surface area contributed by atoms with E-state index in [0.717, 1.165) is 18.4 Å². The molecule has 3 rings (SSSR count). The molecule has 1 N–H and O–H groups in total. The Hall–Kier alpha value is -1.89. The molecule has 0 radical (unpaired) electrons. The summed E-state index contributed by atoms with van der Waals surface area (Å²) >= 11 is 0. The van der Waals surface area contributed by atoms with E-state index < -0.39 is 27.3 Å². The number of hydrogen-bond donors (Lipinski definition) is 1. The average Bonchev–Trinajstić information content (AvgIpc) is 2.84. The van der Waals surface area contributed by atoms with Crippen LogP contribution in [0, 0.1) is 5.41 Å². The molecule has 1 aliphatic rings. The largest absolute Gasteiger partial charge is 0.491 e. The Kier molecular flexibility index (Phi) is 7.78. The van der Waals surface area contributed by atoms with Crippen LogP contribution >= 0.6 is 0 Å². The molecule has 1 aliphatic heterocycles. The Morgan fingerprint density at radius 2 is 1.84 bits per heavy atom. The van der Waals surface area contributed by atoms with Crippen molar-refractivity contribution >= 4 is 9.84 Å². The van der Waals surface area contributed by atoms with Gasteiger partial charge in [-0.15, -0.1) is 0 Å². The van der Waals surface area contributed by atoms with Gasteiger partial charge in [0.05, 0.1) is 23.4 Å². The third-order valence-corrected chi connectivity index (χ3v) is 8.52. The van der Waals surface area contributed by atoms with Crippen LogP contribution in [0.3, 0.4) is 0 Å². The standard InChI is InChI=1S/C25H34O5S/c1-4-6-14-25(5-2)18-31(27,28)22-13-12-20(30-16-15-29-3)17-21(22)23(24(25)26)19-10-8-7-9-11-19/h7-13,17,23-24,26H,4-6,14-16,18H2,1-3H3/t23-,24-,25?/m1/s1. The SMILES string of the molecule is CCCCC1(CC)CS(=O)(=O)c2ccc(OCCOC)cc2[C@@H](c2ccccc2)[C@H]1O. The molecule has 0 aliphatic carbocycles. The highest BCUT2D eigenvalue weighted by atomic mass is 32.2. The highest BCUT2D eigenvalue weighted by Gasteiger charge is 2.48. The third-order valence-electron chi connectivity index (χ3n) is 6.52. The van der Waals surface area contributed by atoms with Crippen molar-refractivity contribution in [1.29, 1.82) is 0 Å². The fraction of sp³-hybridized carbons (Fsp3) is 0.520. The first-order chi connectivity index (χ1) is 14.9. The highest BCUT2D eigenvalue weighted by Crippen LogP contribution is 2.49. The van der Waals surface area contributed by atoms with E-state index in [2.05, 4.69) is 6.92 Å². The molecule has 1 unspecified atom stereocenters. The zero-order valence-electron chi connectivity index (χ0n) is 18.7.